The van der Waals surface area contributed by atoms with E-state index in [0.717, 1.165) is 16.5 Å². The monoisotopic (exact) mass is 280 g/mol. The van der Waals surface area contributed by atoms with E-state index in [-0.39, 0.29) is 5.69 Å². The maximum absolute atomic E-state index is 10.6. The van der Waals surface area contributed by atoms with Crippen molar-refractivity contribution >= 4 is 16.6 Å². The van der Waals surface area contributed by atoms with Crippen LogP contribution in [-0.2, 0) is 0 Å². The molecule has 0 saturated heterocycles. The van der Waals surface area contributed by atoms with E-state index in [0.29, 0.717) is 11.5 Å². The van der Waals surface area contributed by atoms with Crippen molar-refractivity contribution in [2.45, 2.75) is 6.92 Å². The lowest BCUT2D eigenvalue weighted by atomic mass is 10.1. The SMILES string of the molecule is Cc1ccnc2c(Oc3ccc([N+](=O)[O-])cc3)cccc12. The predicted octanol–water partition coefficient (Wildman–Crippen LogP) is 4.24. The Morgan fingerprint density at radius 3 is 2.57 bits per heavy atom. The zero-order valence-electron chi connectivity index (χ0n) is 11.3. The van der Waals surface area contributed by atoms with Gasteiger partial charge in [0, 0.05) is 23.7 Å². The third-order valence-corrected chi connectivity index (χ3v) is 3.23. The summed E-state index contributed by atoms with van der Waals surface area (Å²) in [5, 5.41) is 11.7. The number of nitro groups is 1. The van der Waals surface area contributed by atoms with Crippen molar-refractivity contribution in [2.75, 3.05) is 0 Å². The summed E-state index contributed by atoms with van der Waals surface area (Å²) >= 11 is 0. The van der Waals surface area contributed by atoms with Crippen LogP contribution in [0.5, 0.6) is 11.5 Å². The maximum atomic E-state index is 10.6. The van der Waals surface area contributed by atoms with Crippen molar-refractivity contribution in [1.82, 2.24) is 4.98 Å². The van der Waals surface area contributed by atoms with Gasteiger partial charge in [-0.25, -0.2) is 0 Å². The maximum Gasteiger partial charge on any atom is 0.269 e. The molecule has 1 heterocycles. The number of aromatic nitrogens is 1. The lowest BCUT2D eigenvalue weighted by Crippen LogP contribution is -1.90. The zero-order chi connectivity index (χ0) is 14.8. The number of para-hydroxylation sites is 1. The van der Waals surface area contributed by atoms with Crippen molar-refractivity contribution in [1.29, 1.82) is 0 Å². The number of nitro benzene ring substituents is 1. The highest BCUT2D eigenvalue weighted by molar-refractivity contribution is 5.87. The molecule has 0 N–H and O–H groups in total. The standard InChI is InChI=1S/C16H12N2O3/c1-11-9-10-17-16-14(11)3-2-4-15(16)21-13-7-5-12(6-8-13)18(19)20/h2-10H,1H3. The van der Waals surface area contributed by atoms with Crippen LogP contribution in [0.25, 0.3) is 10.9 Å². The molecule has 0 aliphatic heterocycles. The summed E-state index contributed by atoms with van der Waals surface area (Å²) in [6.07, 6.45) is 1.74. The van der Waals surface area contributed by atoms with E-state index in [1.165, 1.54) is 12.1 Å². The van der Waals surface area contributed by atoms with Gasteiger partial charge >= 0.3 is 0 Å². The minimum absolute atomic E-state index is 0.0363. The van der Waals surface area contributed by atoms with Crippen molar-refractivity contribution in [3.05, 3.63) is 70.4 Å². The Kier molecular flexibility index (Phi) is 3.23. The van der Waals surface area contributed by atoms with Crippen LogP contribution in [0.2, 0.25) is 0 Å². The molecule has 0 spiro atoms. The first-order valence-electron chi connectivity index (χ1n) is 6.42. The number of pyridine rings is 1. The third-order valence-electron chi connectivity index (χ3n) is 3.23. The molecule has 0 radical (unpaired) electrons. The molecule has 1 aromatic heterocycles. The second-order valence-corrected chi connectivity index (χ2v) is 4.63. The van der Waals surface area contributed by atoms with Gasteiger partial charge in [-0.2, -0.15) is 0 Å². The van der Waals surface area contributed by atoms with Crippen molar-refractivity contribution < 1.29 is 9.66 Å². The van der Waals surface area contributed by atoms with Gasteiger partial charge in [-0.1, -0.05) is 12.1 Å². The van der Waals surface area contributed by atoms with Gasteiger partial charge < -0.3 is 4.74 Å². The lowest BCUT2D eigenvalue weighted by Gasteiger charge is -2.09. The Bertz CT molecular complexity index is 813. The van der Waals surface area contributed by atoms with Gasteiger partial charge in [0.15, 0.2) is 5.75 Å². The fourth-order valence-electron chi connectivity index (χ4n) is 2.13. The summed E-state index contributed by atoms with van der Waals surface area (Å²) in [6.45, 7) is 2.01. The summed E-state index contributed by atoms with van der Waals surface area (Å²) < 4.78 is 5.80. The van der Waals surface area contributed by atoms with Crippen LogP contribution in [0.3, 0.4) is 0 Å². The Hall–Kier alpha value is -2.95. The van der Waals surface area contributed by atoms with E-state index >= 15 is 0 Å². The van der Waals surface area contributed by atoms with E-state index in [2.05, 4.69) is 4.98 Å². The lowest BCUT2D eigenvalue weighted by molar-refractivity contribution is -0.384. The van der Waals surface area contributed by atoms with Gasteiger partial charge in [-0.3, -0.25) is 15.1 Å². The molecule has 3 aromatic rings. The van der Waals surface area contributed by atoms with E-state index < -0.39 is 4.92 Å². The second-order valence-electron chi connectivity index (χ2n) is 4.63. The molecule has 5 heteroatoms. The first kappa shape index (κ1) is 13.1. The number of rotatable bonds is 3. The number of aryl methyl sites for hydroxylation is 1. The highest BCUT2D eigenvalue weighted by Crippen LogP contribution is 2.30. The van der Waals surface area contributed by atoms with Crippen molar-refractivity contribution in [3.8, 4) is 11.5 Å². The summed E-state index contributed by atoms with van der Waals surface area (Å²) in [5.41, 5.74) is 1.93. The Balaban J connectivity index is 1.98. The molecule has 0 fully saturated rings. The summed E-state index contributed by atoms with van der Waals surface area (Å²) in [5.74, 6) is 1.17. The predicted molar refractivity (Wildman–Crippen MR) is 79.7 cm³/mol. The number of benzene rings is 2. The molecule has 2 aromatic carbocycles. The molecule has 0 atom stereocenters. The van der Waals surface area contributed by atoms with Crippen molar-refractivity contribution in [2.24, 2.45) is 0 Å². The average Bonchev–Trinajstić information content (AvgIpc) is 2.49. The third kappa shape index (κ3) is 2.53. The van der Waals surface area contributed by atoms with Crippen LogP contribution in [0, 0.1) is 17.0 Å². The van der Waals surface area contributed by atoms with Gasteiger partial charge in [0.25, 0.3) is 5.69 Å². The highest BCUT2D eigenvalue weighted by Gasteiger charge is 2.08. The van der Waals surface area contributed by atoms with Crippen LogP contribution in [0.15, 0.2) is 54.7 Å². The highest BCUT2D eigenvalue weighted by atomic mass is 16.6. The minimum atomic E-state index is -0.438. The molecule has 21 heavy (non-hydrogen) atoms. The first-order valence-corrected chi connectivity index (χ1v) is 6.42. The molecule has 0 aliphatic rings. The minimum Gasteiger partial charge on any atom is -0.455 e. The molecule has 0 aliphatic carbocycles. The summed E-state index contributed by atoms with van der Waals surface area (Å²) in [6, 6.07) is 13.6. The number of fused-ring (bicyclic) bond motifs is 1. The number of ether oxygens (including phenoxy) is 1. The van der Waals surface area contributed by atoms with E-state index in [9.17, 15) is 10.1 Å². The normalized spacial score (nSPS) is 10.5. The van der Waals surface area contributed by atoms with E-state index in [1.807, 2.05) is 31.2 Å². The molecule has 0 unspecified atom stereocenters. The zero-order valence-corrected chi connectivity index (χ0v) is 11.3. The second kappa shape index (κ2) is 5.20. The largest absolute Gasteiger partial charge is 0.455 e. The molecule has 0 amide bonds. The van der Waals surface area contributed by atoms with Gasteiger partial charge in [0.2, 0.25) is 0 Å². The fraction of sp³-hybridized carbons (Fsp3) is 0.0625. The Morgan fingerprint density at radius 1 is 1.10 bits per heavy atom. The molecular formula is C16H12N2O3. The first-order chi connectivity index (χ1) is 10.1. The quantitative estimate of drug-likeness (QED) is 0.531. The summed E-state index contributed by atoms with van der Waals surface area (Å²) in [7, 11) is 0. The molecule has 0 saturated carbocycles. The molecule has 104 valence electrons. The van der Waals surface area contributed by atoms with E-state index in [4.69, 9.17) is 4.74 Å². The van der Waals surface area contributed by atoms with E-state index in [1.54, 1.807) is 18.3 Å². The number of hydrogen-bond acceptors (Lipinski definition) is 4. The van der Waals surface area contributed by atoms with Gasteiger partial charge in [0.1, 0.15) is 11.3 Å². The van der Waals surface area contributed by atoms with Crippen LogP contribution in [-0.4, -0.2) is 9.91 Å². The van der Waals surface area contributed by atoms with Crippen LogP contribution in [0.1, 0.15) is 5.56 Å². The van der Waals surface area contributed by atoms with Crippen LogP contribution in [0.4, 0.5) is 5.69 Å². The smallest absolute Gasteiger partial charge is 0.269 e. The Morgan fingerprint density at radius 2 is 1.86 bits per heavy atom. The number of non-ortho nitro benzene ring substituents is 1. The molecule has 5 nitrogen and oxygen atoms in total. The average molecular weight is 280 g/mol. The molecule has 0 bridgehead atoms. The number of hydrogen-bond donors (Lipinski definition) is 0. The fourth-order valence-corrected chi connectivity index (χ4v) is 2.13. The Labute approximate surface area is 121 Å². The van der Waals surface area contributed by atoms with Gasteiger partial charge in [-0.15, -0.1) is 0 Å². The van der Waals surface area contributed by atoms with Crippen LogP contribution < -0.4 is 4.74 Å². The summed E-state index contributed by atoms with van der Waals surface area (Å²) in [4.78, 5) is 14.6. The molecule has 3 rings (SSSR count). The van der Waals surface area contributed by atoms with Gasteiger partial charge in [0.05, 0.1) is 4.92 Å². The molecular weight excluding hydrogens is 268 g/mol. The van der Waals surface area contributed by atoms with Crippen molar-refractivity contribution in [3.63, 3.8) is 0 Å². The topological polar surface area (TPSA) is 65.3 Å². The number of nitrogens with zero attached hydrogens (tertiary/aromatic N) is 2. The van der Waals surface area contributed by atoms with Crippen LogP contribution >= 0.6 is 0 Å². The van der Waals surface area contributed by atoms with Gasteiger partial charge in [-0.05, 0) is 36.8 Å².